The molecule has 0 bridgehead atoms. The van der Waals surface area contributed by atoms with Crippen molar-refractivity contribution >= 4 is 11.9 Å². The zero-order valence-electron chi connectivity index (χ0n) is 11.6. The van der Waals surface area contributed by atoms with Gasteiger partial charge in [0.15, 0.2) is 6.10 Å². The third-order valence-electron chi connectivity index (χ3n) is 3.49. The quantitative estimate of drug-likeness (QED) is 0.871. The molecule has 21 heavy (non-hydrogen) atoms. The molecule has 6 heteroatoms. The van der Waals surface area contributed by atoms with E-state index in [0.717, 1.165) is 5.56 Å². The number of rotatable bonds is 4. The molecule has 0 saturated carbocycles. The average Bonchev–Trinajstić information content (AvgIpc) is 2.97. The van der Waals surface area contributed by atoms with E-state index in [1.807, 2.05) is 13.0 Å². The number of carbonyl (C=O) groups excluding carboxylic acids is 1. The highest BCUT2D eigenvalue weighted by Crippen LogP contribution is 2.21. The van der Waals surface area contributed by atoms with Crippen LogP contribution >= 0.6 is 0 Å². The van der Waals surface area contributed by atoms with Crippen LogP contribution in [0.1, 0.15) is 36.9 Å². The van der Waals surface area contributed by atoms with E-state index in [4.69, 9.17) is 15.1 Å². The third-order valence-corrected chi connectivity index (χ3v) is 3.49. The van der Waals surface area contributed by atoms with Crippen LogP contribution in [0.3, 0.4) is 0 Å². The van der Waals surface area contributed by atoms with Crippen molar-refractivity contribution in [2.75, 3.05) is 0 Å². The topological polar surface area (TPSA) is 99.4 Å². The second-order valence-corrected chi connectivity index (χ2v) is 4.99. The maximum Gasteiger partial charge on any atom is 0.332 e. The molecule has 1 fully saturated rings. The summed E-state index contributed by atoms with van der Waals surface area (Å²) in [5, 5.41) is 20.4. The zero-order valence-corrected chi connectivity index (χ0v) is 11.6. The van der Waals surface area contributed by atoms with Gasteiger partial charge in [0.25, 0.3) is 0 Å². The lowest BCUT2D eigenvalue weighted by Gasteiger charge is -2.17. The number of carboxylic acid groups (broad SMARTS) is 1. The number of nitrogens with zero attached hydrogens (tertiary/aromatic N) is 1. The SMILES string of the molecule is CC(NC(=O)[C@@H]1CC[C@H](C(=O)O)O1)c1ccc(C#N)cc1. The van der Waals surface area contributed by atoms with Gasteiger partial charge in [-0.25, -0.2) is 4.79 Å². The highest BCUT2D eigenvalue weighted by molar-refractivity contribution is 5.83. The Kier molecular flexibility index (Phi) is 4.55. The van der Waals surface area contributed by atoms with E-state index in [1.54, 1.807) is 24.3 Å². The minimum absolute atomic E-state index is 0.238. The minimum Gasteiger partial charge on any atom is -0.479 e. The molecule has 1 saturated heterocycles. The van der Waals surface area contributed by atoms with E-state index >= 15 is 0 Å². The molecule has 1 amide bonds. The molecule has 1 aliphatic rings. The summed E-state index contributed by atoms with van der Waals surface area (Å²) in [6, 6.07) is 8.72. The Morgan fingerprint density at radius 2 is 1.95 bits per heavy atom. The van der Waals surface area contributed by atoms with Crippen molar-refractivity contribution in [3.05, 3.63) is 35.4 Å². The molecule has 1 unspecified atom stereocenters. The Balaban J connectivity index is 1.93. The van der Waals surface area contributed by atoms with Crippen molar-refractivity contribution in [2.45, 2.75) is 38.0 Å². The van der Waals surface area contributed by atoms with E-state index in [2.05, 4.69) is 5.32 Å². The number of amides is 1. The molecule has 0 spiro atoms. The Morgan fingerprint density at radius 3 is 2.48 bits per heavy atom. The molecule has 0 aromatic heterocycles. The van der Waals surface area contributed by atoms with E-state index in [0.29, 0.717) is 18.4 Å². The summed E-state index contributed by atoms with van der Waals surface area (Å²) in [5.74, 6) is -1.35. The van der Waals surface area contributed by atoms with E-state index in [1.165, 1.54) is 0 Å². The third kappa shape index (κ3) is 3.58. The second-order valence-electron chi connectivity index (χ2n) is 4.99. The molecule has 1 aromatic carbocycles. The molecule has 2 rings (SSSR count). The first-order valence-corrected chi connectivity index (χ1v) is 6.70. The van der Waals surface area contributed by atoms with Crippen LogP contribution in [-0.2, 0) is 14.3 Å². The van der Waals surface area contributed by atoms with Gasteiger partial charge in [-0.05, 0) is 37.5 Å². The van der Waals surface area contributed by atoms with Crippen molar-refractivity contribution in [1.29, 1.82) is 5.26 Å². The fourth-order valence-electron chi connectivity index (χ4n) is 2.25. The lowest BCUT2D eigenvalue weighted by atomic mass is 10.1. The van der Waals surface area contributed by atoms with Crippen LogP contribution in [0.15, 0.2) is 24.3 Å². The number of hydrogen-bond donors (Lipinski definition) is 2. The fraction of sp³-hybridized carbons (Fsp3) is 0.400. The van der Waals surface area contributed by atoms with E-state index < -0.39 is 18.2 Å². The van der Waals surface area contributed by atoms with Crippen LogP contribution in [0, 0.1) is 11.3 Å². The monoisotopic (exact) mass is 288 g/mol. The number of carboxylic acids is 1. The van der Waals surface area contributed by atoms with Gasteiger partial charge < -0.3 is 15.2 Å². The number of hydrogen-bond acceptors (Lipinski definition) is 4. The molecule has 0 radical (unpaired) electrons. The summed E-state index contributed by atoms with van der Waals surface area (Å²) in [7, 11) is 0. The van der Waals surface area contributed by atoms with Crippen LogP contribution in [0.25, 0.3) is 0 Å². The molecule has 6 nitrogen and oxygen atoms in total. The first-order valence-electron chi connectivity index (χ1n) is 6.70. The molecule has 1 aromatic rings. The van der Waals surface area contributed by atoms with Gasteiger partial charge >= 0.3 is 5.97 Å². The lowest BCUT2D eigenvalue weighted by molar-refractivity contribution is -0.151. The van der Waals surface area contributed by atoms with Crippen molar-refractivity contribution in [1.82, 2.24) is 5.32 Å². The predicted molar refractivity (Wildman–Crippen MR) is 73.2 cm³/mol. The van der Waals surface area contributed by atoms with Crippen LogP contribution in [0.2, 0.25) is 0 Å². The number of nitrogens with one attached hydrogen (secondary N) is 1. The van der Waals surface area contributed by atoms with Gasteiger partial charge in [0.2, 0.25) is 5.91 Å². The van der Waals surface area contributed by atoms with Crippen LogP contribution in [0.5, 0.6) is 0 Å². The zero-order chi connectivity index (χ0) is 15.4. The number of benzene rings is 1. The molecule has 1 heterocycles. The van der Waals surface area contributed by atoms with Crippen molar-refractivity contribution in [3.63, 3.8) is 0 Å². The summed E-state index contributed by atoms with van der Waals surface area (Å²) >= 11 is 0. The van der Waals surface area contributed by atoms with Crippen LogP contribution < -0.4 is 5.32 Å². The van der Waals surface area contributed by atoms with Crippen LogP contribution in [-0.4, -0.2) is 29.2 Å². The van der Waals surface area contributed by atoms with Gasteiger partial charge in [-0.15, -0.1) is 0 Å². The van der Waals surface area contributed by atoms with E-state index in [9.17, 15) is 9.59 Å². The molecule has 1 aliphatic heterocycles. The number of carbonyl (C=O) groups is 2. The van der Waals surface area contributed by atoms with Gasteiger partial charge in [-0.3, -0.25) is 4.79 Å². The Labute approximate surface area is 122 Å². The largest absolute Gasteiger partial charge is 0.479 e. The molecular weight excluding hydrogens is 272 g/mol. The van der Waals surface area contributed by atoms with Gasteiger partial charge in [-0.2, -0.15) is 5.26 Å². The maximum atomic E-state index is 12.0. The first-order chi connectivity index (χ1) is 10.0. The van der Waals surface area contributed by atoms with Crippen molar-refractivity contribution < 1.29 is 19.4 Å². The first kappa shape index (κ1) is 15.0. The highest BCUT2D eigenvalue weighted by Gasteiger charge is 2.35. The fourth-order valence-corrected chi connectivity index (χ4v) is 2.25. The van der Waals surface area contributed by atoms with Gasteiger partial charge in [-0.1, -0.05) is 12.1 Å². The molecular formula is C15H16N2O4. The van der Waals surface area contributed by atoms with Crippen molar-refractivity contribution in [3.8, 4) is 6.07 Å². The Hall–Kier alpha value is -2.39. The Bertz CT molecular complexity index is 576. The summed E-state index contributed by atoms with van der Waals surface area (Å²) in [5.41, 5.74) is 1.43. The summed E-state index contributed by atoms with van der Waals surface area (Å²) in [6.07, 6.45) is -0.862. The van der Waals surface area contributed by atoms with Gasteiger partial charge in [0, 0.05) is 0 Å². The smallest absolute Gasteiger partial charge is 0.332 e. The molecule has 0 aliphatic carbocycles. The average molecular weight is 288 g/mol. The number of ether oxygens (including phenoxy) is 1. The highest BCUT2D eigenvalue weighted by atomic mass is 16.5. The standard InChI is InChI=1S/C15H16N2O4/c1-9(11-4-2-10(8-16)3-5-11)17-14(18)12-6-7-13(21-12)15(19)20/h2-5,9,12-13H,6-7H2,1H3,(H,17,18)(H,19,20)/t9?,12-,13+/m0/s1. The minimum atomic E-state index is -1.04. The number of aliphatic carboxylic acids is 1. The lowest BCUT2D eigenvalue weighted by Crippen LogP contribution is -2.37. The van der Waals surface area contributed by atoms with Crippen LogP contribution in [0.4, 0.5) is 0 Å². The second kappa shape index (κ2) is 6.37. The van der Waals surface area contributed by atoms with Gasteiger partial charge in [0.1, 0.15) is 6.10 Å². The van der Waals surface area contributed by atoms with Crippen molar-refractivity contribution in [2.24, 2.45) is 0 Å². The molecule has 2 N–H and O–H groups in total. The normalized spacial score (nSPS) is 22.3. The number of nitriles is 1. The van der Waals surface area contributed by atoms with Gasteiger partial charge in [0.05, 0.1) is 17.7 Å². The molecule has 3 atom stereocenters. The Morgan fingerprint density at radius 1 is 1.33 bits per heavy atom. The van der Waals surface area contributed by atoms with E-state index in [-0.39, 0.29) is 11.9 Å². The summed E-state index contributed by atoms with van der Waals surface area (Å²) in [6.45, 7) is 1.82. The maximum absolute atomic E-state index is 12.0. The predicted octanol–water partition coefficient (Wildman–Crippen LogP) is 1.37. The summed E-state index contributed by atoms with van der Waals surface area (Å²) < 4.78 is 5.20. The summed E-state index contributed by atoms with van der Waals surface area (Å²) in [4.78, 5) is 22.8. The molecule has 110 valence electrons.